The molecule has 0 radical (unpaired) electrons. The van der Waals surface area contributed by atoms with Gasteiger partial charge >= 0.3 is 0 Å². The Kier molecular flexibility index (Phi) is 6.90. The van der Waals surface area contributed by atoms with E-state index in [9.17, 15) is 4.89 Å². The first-order chi connectivity index (χ1) is 11.0. The van der Waals surface area contributed by atoms with Gasteiger partial charge < -0.3 is 14.3 Å². The molecule has 1 fully saturated rings. The zero-order valence-corrected chi connectivity index (χ0v) is 15.1. The van der Waals surface area contributed by atoms with E-state index in [1.807, 2.05) is 24.8 Å². The molecule has 3 atom stereocenters. The summed E-state index contributed by atoms with van der Waals surface area (Å²) in [7, 11) is 2.43. The Morgan fingerprint density at radius 1 is 1.48 bits per heavy atom. The molecule has 1 aromatic heterocycles. The zero-order chi connectivity index (χ0) is 16.8. The summed E-state index contributed by atoms with van der Waals surface area (Å²) in [4.78, 5) is 21.1. The fourth-order valence-electron chi connectivity index (χ4n) is 2.80. The van der Waals surface area contributed by atoms with Gasteiger partial charge in [0.25, 0.3) is 8.53 Å². The highest BCUT2D eigenvalue weighted by atomic mass is 31.2. The molecular weight excluding hydrogens is 311 g/mol. The van der Waals surface area contributed by atoms with Crippen LogP contribution in [0.4, 0.5) is 5.95 Å². The van der Waals surface area contributed by atoms with Crippen molar-refractivity contribution in [2.24, 2.45) is 0 Å². The molecule has 1 saturated carbocycles. The van der Waals surface area contributed by atoms with Gasteiger partial charge in [-0.1, -0.05) is 13.5 Å². The van der Waals surface area contributed by atoms with Crippen molar-refractivity contribution in [3.63, 3.8) is 0 Å². The monoisotopic (exact) mass is 338 g/mol. The summed E-state index contributed by atoms with van der Waals surface area (Å²) in [6.07, 6.45) is 7.44. The lowest BCUT2D eigenvalue weighted by Crippen LogP contribution is -2.31. The topological polar surface area (TPSA) is 61.7 Å². The van der Waals surface area contributed by atoms with E-state index in [0.29, 0.717) is 12.0 Å². The van der Waals surface area contributed by atoms with Crippen LogP contribution in [0.5, 0.6) is 0 Å². The zero-order valence-electron chi connectivity index (χ0n) is 14.2. The Hall–Kier alpha value is -1.07. The lowest BCUT2D eigenvalue weighted by atomic mass is 10.2. The van der Waals surface area contributed by atoms with Crippen LogP contribution in [0, 0.1) is 0 Å². The molecule has 1 aromatic rings. The van der Waals surface area contributed by atoms with Crippen LogP contribution in [-0.2, 0) is 4.52 Å². The van der Waals surface area contributed by atoms with E-state index in [1.54, 1.807) is 12.3 Å². The van der Waals surface area contributed by atoms with Crippen molar-refractivity contribution in [2.75, 3.05) is 25.5 Å². The quantitative estimate of drug-likeness (QED) is 0.735. The highest BCUT2D eigenvalue weighted by Gasteiger charge is 2.31. The molecule has 128 valence electrons. The largest absolute Gasteiger partial charge is 0.341 e. The molecule has 0 bridgehead atoms. The molecule has 2 rings (SSSR count). The molecule has 0 saturated heterocycles. The van der Waals surface area contributed by atoms with Gasteiger partial charge in [-0.2, -0.15) is 0 Å². The molecule has 1 N–H and O–H groups in total. The Morgan fingerprint density at radius 2 is 2.26 bits per heavy atom. The van der Waals surface area contributed by atoms with Crippen molar-refractivity contribution in [3.8, 4) is 0 Å². The van der Waals surface area contributed by atoms with Gasteiger partial charge in [0.1, 0.15) is 0 Å². The van der Waals surface area contributed by atoms with Gasteiger partial charge in [0.05, 0.1) is 11.8 Å². The van der Waals surface area contributed by atoms with E-state index in [-0.39, 0.29) is 6.10 Å². The van der Waals surface area contributed by atoms with Crippen LogP contribution >= 0.6 is 8.53 Å². The molecule has 3 unspecified atom stereocenters. The molecule has 7 heteroatoms. The van der Waals surface area contributed by atoms with E-state index in [1.165, 1.54) is 0 Å². The maximum absolute atomic E-state index is 10.1. The van der Waals surface area contributed by atoms with E-state index in [2.05, 4.69) is 28.4 Å². The lowest BCUT2D eigenvalue weighted by Gasteiger charge is -2.26. The van der Waals surface area contributed by atoms with Gasteiger partial charge in [0.2, 0.25) is 5.95 Å². The minimum atomic E-state index is -1.49. The number of hydrogen-bond acceptors (Lipinski definition) is 6. The number of anilines is 1. The molecule has 0 spiro atoms. The summed E-state index contributed by atoms with van der Waals surface area (Å²) in [6.45, 7) is 6.69. The van der Waals surface area contributed by atoms with E-state index in [0.717, 1.165) is 37.9 Å². The Bertz CT molecular complexity index is 517. The van der Waals surface area contributed by atoms with Crippen molar-refractivity contribution in [1.29, 1.82) is 0 Å². The Balaban J connectivity index is 1.90. The Morgan fingerprint density at radius 3 is 2.96 bits per heavy atom. The smallest absolute Gasteiger partial charge is 0.255 e. The fourth-order valence-corrected chi connectivity index (χ4v) is 3.79. The molecule has 0 amide bonds. The van der Waals surface area contributed by atoms with Gasteiger partial charge in [0.15, 0.2) is 0 Å². The minimum Gasteiger partial charge on any atom is -0.341 e. The first kappa shape index (κ1) is 18.3. The van der Waals surface area contributed by atoms with Gasteiger partial charge in [-0.05, 0) is 44.9 Å². The maximum atomic E-state index is 10.1. The highest BCUT2D eigenvalue weighted by molar-refractivity contribution is 7.43. The lowest BCUT2D eigenvalue weighted by molar-refractivity contribution is 0.184. The van der Waals surface area contributed by atoms with Crippen LogP contribution in [-0.4, -0.2) is 52.3 Å². The van der Waals surface area contributed by atoms with Crippen molar-refractivity contribution < 1.29 is 9.42 Å². The summed E-state index contributed by atoms with van der Waals surface area (Å²) >= 11 is 0. The predicted molar refractivity (Wildman–Crippen MR) is 95.1 cm³/mol. The second-order valence-corrected chi connectivity index (χ2v) is 7.32. The molecule has 1 aliphatic carbocycles. The van der Waals surface area contributed by atoms with Crippen LogP contribution in [0.3, 0.4) is 0 Å². The predicted octanol–water partition coefficient (Wildman–Crippen LogP) is 3.05. The third-order valence-electron chi connectivity index (χ3n) is 4.18. The van der Waals surface area contributed by atoms with Gasteiger partial charge in [-0.25, -0.2) is 14.6 Å². The minimum absolute atomic E-state index is 0.0976. The van der Waals surface area contributed by atoms with Crippen LogP contribution in [0.2, 0.25) is 0 Å². The standard InChI is InChI=1S/C16H27N4O2P/c1-5-11-19(3)23(21)22-15-8-7-14(12-15)20(4)16-17-10-9-13(6-2)18-16/h6,9-10,14-15,21H,2,5,7-8,11-12H2,1,3-4H3. The Labute approximate surface area is 140 Å². The van der Waals surface area contributed by atoms with Crippen molar-refractivity contribution in [2.45, 2.75) is 44.8 Å². The molecule has 6 nitrogen and oxygen atoms in total. The first-order valence-corrected chi connectivity index (χ1v) is 9.26. The highest BCUT2D eigenvalue weighted by Crippen LogP contribution is 2.41. The third kappa shape index (κ3) is 4.95. The molecule has 23 heavy (non-hydrogen) atoms. The normalized spacial score (nSPS) is 22.3. The second kappa shape index (κ2) is 8.69. The van der Waals surface area contributed by atoms with Gasteiger partial charge in [0, 0.05) is 25.8 Å². The number of rotatable bonds is 8. The van der Waals surface area contributed by atoms with Crippen LogP contribution in [0.15, 0.2) is 18.8 Å². The number of nitrogens with zero attached hydrogens (tertiary/aromatic N) is 4. The van der Waals surface area contributed by atoms with Crippen LogP contribution in [0.1, 0.15) is 38.3 Å². The van der Waals surface area contributed by atoms with Gasteiger partial charge in [-0.15, -0.1) is 0 Å². The molecule has 1 heterocycles. The first-order valence-electron chi connectivity index (χ1n) is 8.10. The van der Waals surface area contributed by atoms with E-state index < -0.39 is 8.53 Å². The third-order valence-corrected chi connectivity index (χ3v) is 5.45. The molecule has 1 aliphatic rings. The van der Waals surface area contributed by atoms with Crippen molar-refractivity contribution in [1.82, 2.24) is 14.6 Å². The summed E-state index contributed by atoms with van der Waals surface area (Å²) < 4.78 is 7.74. The molecular formula is C16H27N4O2P. The summed E-state index contributed by atoms with van der Waals surface area (Å²) in [6, 6.07) is 2.17. The van der Waals surface area contributed by atoms with Crippen molar-refractivity contribution >= 4 is 20.6 Å². The second-order valence-electron chi connectivity index (χ2n) is 5.92. The average Bonchev–Trinajstić information content (AvgIpc) is 3.02. The van der Waals surface area contributed by atoms with E-state index >= 15 is 0 Å². The fraction of sp³-hybridized carbons (Fsp3) is 0.625. The van der Waals surface area contributed by atoms with Crippen LogP contribution < -0.4 is 4.90 Å². The summed E-state index contributed by atoms with van der Waals surface area (Å²) in [5, 5.41) is 0. The summed E-state index contributed by atoms with van der Waals surface area (Å²) in [5.74, 6) is 0.711. The van der Waals surface area contributed by atoms with E-state index in [4.69, 9.17) is 4.52 Å². The summed E-state index contributed by atoms with van der Waals surface area (Å²) in [5.41, 5.74) is 0.827. The van der Waals surface area contributed by atoms with Crippen molar-refractivity contribution in [3.05, 3.63) is 24.5 Å². The number of aromatic nitrogens is 2. The molecule has 0 aliphatic heterocycles. The molecule has 0 aromatic carbocycles. The number of hydrogen-bond donors (Lipinski definition) is 1. The maximum Gasteiger partial charge on any atom is 0.255 e. The van der Waals surface area contributed by atoms with Gasteiger partial charge in [-0.3, -0.25) is 0 Å². The average molecular weight is 338 g/mol. The SMILES string of the molecule is C=Cc1ccnc(N(C)C2CCC(OP(O)N(C)CCC)C2)n1. The van der Waals surface area contributed by atoms with Crippen LogP contribution in [0.25, 0.3) is 6.08 Å².